The van der Waals surface area contributed by atoms with Crippen LogP contribution in [0.2, 0.25) is 5.02 Å². The molecule has 0 unspecified atom stereocenters. The highest BCUT2D eigenvalue weighted by atomic mass is 79.9. The van der Waals surface area contributed by atoms with Crippen LogP contribution in [0.3, 0.4) is 0 Å². The van der Waals surface area contributed by atoms with Gasteiger partial charge >= 0.3 is 0 Å². The average Bonchev–Trinajstić information content (AvgIpc) is 3.15. The Balaban J connectivity index is 1.47. The van der Waals surface area contributed by atoms with Crippen molar-refractivity contribution in [3.05, 3.63) is 91.8 Å². The molecule has 178 valence electrons. The van der Waals surface area contributed by atoms with Gasteiger partial charge in [-0.15, -0.1) is 0 Å². The summed E-state index contributed by atoms with van der Waals surface area (Å²) >= 11 is 10.8. The molecule has 4 rings (SSSR count). The van der Waals surface area contributed by atoms with E-state index in [1.807, 2.05) is 50.2 Å². The van der Waals surface area contributed by atoms with Crippen molar-refractivity contribution >= 4 is 73.7 Å². The third-order valence-corrected chi connectivity index (χ3v) is 6.80. The molecule has 0 radical (unpaired) electrons. The summed E-state index contributed by atoms with van der Waals surface area (Å²) < 4.78 is 6.59. The average molecular weight is 571 g/mol. The molecule has 1 saturated heterocycles. The molecule has 9 heteroatoms. The van der Waals surface area contributed by atoms with Gasteiger partial charge in [-0.2, -0.15) is 0 Å². The zero-order valence-electron chi connectivity index (χ0n) is 18.9. The molecule has 1 aliphatic heterocycles. The van der Waals surface area contributed by atoms with Crippen LogP contribution in [0.5, 0.6) is 5.75 Å². The van der Waals surface area contributed by atoms with Crippen LogP contribution in [0.4, 0.5) is 11.4 Å². The molecule has 0 atom stereocenters. The quantitative estimate of drug-likeness (QED) is 0.326. The first-order chi connectivity index (χ1) is 16.8. The molecule has 1 heterocycles. The van der Waals surface area contributed by atoms with E-state index in [4.69, 9.17) is 16.3 Å². The molecule has 0 bridgehead atoms. The second-order valence-electron chi connectivity index (χ2n) is 7.80. The fraction of sp³-hybridized carbons (Fsp3) is 0.115. The largest absolute Gasteiger partial charge is 0.483 e. The lowest BCUT2D eigenvalue weighted by Gasteiger charge is -2.11. The number of amides is 2. The first-order valence-electron chi connectivity index (χ1n) is 10.6. The normalized spacial score (nSPS) is 15.4. The van der Waals surface area contributed by atoms with Gasteiger partial charge in [0.15, 0.2) is 11.8 Å². The van der Waals surface area contributed by atoms with Crippen molar-refractivity contribution in [2.75, 3.05) is 11.9 Å². The van der Waals surface area contributed by atoms with Crippen LogP contribution in [0.15, 0.2) is 75.0 Å². The van der Waals surface area contributed by atoms with Crippen LogP contribution in [0.25, 0.3) is 6.08 Å². The summed E-state index contributed by atoms with van der Waals surface area (Å²) in [6.45, 7) is 3.69. The topological polar surface area (TPSA) is 79.8 Å². The molecule has 2 N–H and O–H groups in total. The predicted octanol–water partition coefficient (Wildman–Crippen LogP) is 6.63. The fourth-order valence-corrected chi connectivity index (χ4v) is 4.52. The van der Waals surface area contributed by atoms with Gasteiger partial charge in [-0.1, -0.05) is 51.3 Å². The van der Waals surface area contributed by atoms with Crippen molar-refractivity contribution in [2.24, 2.45) is 4.99 Å². The number of nitrogens with zero attached hydrogens (tertiary/aromatic N) is 1. The summed E-state index contributed by atoms with van der Waals surface area (Å²) in [6, 6.07) is 18.4. The number of hydrogen-bond acceptors (Lipinski definition) is 5. The Morgan fingerprint density at radius 2 is 1.91 bits per heavy atom. The van der Waals surface area contributed by atoms with E-state index in [1.54, 1.807) is 30.3 Å². The van der Waals surface area contributed by atoms with Gasteiger partial charge in [-0.25, -0.2) is 4.99 Å². The third kappa shape index (κ3) is 6.75. The second-order valence-corrected chi connectivity index (χ2v) is 10.2. The van der Waals surface area contributed by atoms with Crippen molar-refractivity contribution < 1.29 is 14.3 Å². The standard InChI is InChI=1S/C26H21BrClN3O3S/c1-15-3-7-19(8-4-15)30-26-31-25(33)23(35-26)12-17-11-18(27)6-10-22(17)34-14-24(32)29-20-9-5-16(2)21(28)13-20/h3-13H,14H2,1-2H3,(H,29,32)(H,30,31,33)/b23-12-. The molecule has 2 amide bonds. The molecular weight excluding hydrogens is 550 g/mol. The van der Waals surface area contributed by atoms with Gasteiger partial charge in [0.05, 0.1) is 10.6 Å². The third-order valence-electron chi connectivity index (χ3n) is 4.99. The number of hydrogen-bond donors (Lipinski definition) is 2. The number of amidine groups is 1. The van der Waals surface area contributed by atoms with E-state index in [1.165, 1.54) is 11.8 Å². The van der Waals surface area contributed by atoms with E-state index in [-0.39, 0.29) is 18.4 Å². The van der Waals surface area contributed by atoms with Gasteiger partial charge in [0, 0.05) is 20.7 Å². The van der Waals surface area contributed by atoms with Crippen LogP contribution in [0, 0.1) is 13.8 Å². The van der Waals surface area contributed by atoms with Crippen molar-refractivity contribution in [1.82, 2.24) is 5.32 Å². The van der Waals surface area contributed by atoms with E-state index < -0.39 is 0 Å². The number of carbonyl (C=O) groups is 2. The molecule has 0 aliphatic carbocycles. The SMILES string of the molecule is Cc1ccc(N=C2NC(=O)/C(=C/c3cc(Br)ccc3OCC(=O)Nc3ccc(C)c(Cl)c3)S2)cc1. The number of carbonyl (C=O) groups excluding carboxylic acids is 2. The summed E-state index contributed by atoms with van der Waals surface area (Å²) in [4.78, 5) is 29.9. The first-order valence-corrected chi connectivity index (χ1v) is 12.6. The van der Waals surface area contributed by atoms with E-state index >= 15 is 0 Å². The Kier molecular flexibility index (Phi) is 7.95. The summed E-state index contributed by atoms with van der Waals surface area (Å²) in [7, 11) is 0. The van der Waals surface area contributed by atoms with Crippen molar-refractivity contribution in [1.29, 1.82) is 0 Å². The minimum Gasteiger partial charge on any atom is -0.483 e. The molecule has 0 spiro atoms. The monoisotopic (exact) mass is 569 g/mol. The molecule has 0 aromatic heterocycles. The van der Waals surface area contributed by atoms with Gasteiger partial charge in [0.1, 0.15) is 5.75 Å². The number of thioether (sulfide) groups is 1. The molecule has 0 saturated carbocycles. The van der Waals surface area contributed by atoms with Gasteiger partial charge in [0.25, 0.3) is 11.8 Å². The Morgan fingerprint density at radius 3 is 2.66 bits per heavy atom. The number of rotatable bonds is 6. The number of aryl methyl sites for hydroxylation is 2. The van der Waals surface area contributed by atoms with Gasteiger partial charge < -0.3 is 15.4 Å². The number of halogens is 2. The minimum absolute atomic E-state index is 0.206. The Bertz CT molecular complexity index is 1360. The van der Waals surface area contributed by atoms with Gasteiger partial charge in [0.2, 0.25) is 0 Å². The van der Waals surface area contributed by atoms with Crippen molar-refractivity contribution in [3.8, 4) is 5.75 Å². The second kappa shape index (κ2) is 11.1. The number of nitrogens with one attached hydrogen (secondary N) is 2. The number of anilines is 1. The fourth-order valence-electron chi connectivity index (χ4n) is 3.13. The summed E-state index contributed by atoms with van der Waals surface area (Å²) in [6.07, 6.45) is 1.72. The predicted molar refractivity (Wildman–Crippen MR) is 146 cm³/mol. The highest BCUT2D eigenvalue weighted by molar-refractivity contribution is 9.10. The lowest BCUT2D eigenvalue weighted by atomic mass is 10.2. The van der Waals surface area contributed by atoms with E-state index in [2.05, 4.69) is 31.6 Å². The number of aliphatic imine (C=N–C) groups is 1. The van der Waals surface area contributed by atoms with E-state index in [0.717, 1.165) is 21.3 Å². The van der Waals surface area contributed by atoms with E-state index in [9.17, 15) is 9.59 Å². The summed E-state index contributed by atoms with van der Waals surface area (Å²) in [5.74, 6) is -0.108. The lowest BCUT2D eigenvalue weighted by molar-refractivity contribution is -0.118. The van der Waals surface area contributed by atoms with Gasteiger partial charge in [-0.05, 0) is 79.7 Å². The maximum absolute atomic E-state index is 12.5. The molecular formula is C26H21BrClN3O3S. The molecule has 35 heavy (non-hydrogen) atoms. The Labute approximate surface area is 220 Å². The van der Waals surface area contributed by atoms with Crippen LogP contribution < -0.4 is 15.4 Å². The Morgan fingerprint density at radius 1 is 1.14 bits per heavy atom. The molecule has 3 aromatic carbocycles. The maximum Gasteiger partial charge on any atom is 0.264 e. The zero-order valence-corrected chi connectivity index (χ0v) is 22.1. The maximum atomic E-state index is 12.5. The van der Waals surface area contributed by atoms with E-state index in [0.29, 0.717) is 32.1 Å². The molecule has 6 nitrogen and oxygen atoms in total. The van der Waals surface area contributed by atoms with Crippen molar-refractivity contribution in [3.63, 3.8) is 0 Å². The highest BCUT2D eigenvalue weighted by Crippen LogP contribution is 2.32. The first kappa shape index (κ1) is 25.0. The zero-order chi connectivity index (χ0) is 24.9. The van der Waals surface area contributed by atoms with Crippen molar-refractivity contribution in [2.45, 2.75) is 13.8 Å². The van der Waals surface area contributed by atoms with Gasteiger partial charge in [-0.3, -0.25) is 9.59 Å². The molecule has 1 aliphatic rings. The lowest BCUT2D eigenvalue weighted by Crippen LogP contribution is -2.20. The van der Waals surface area contributed by atoms with Crippen LogP contribution in [-0.2, 0) is 9.59 Å². The minimum atomic E-state index is -0.327. The number of benzene rings is 3. The number of ether oxygens (including phenoxy) is 1. The highest BCUT2D eigenvalue weighted by Gasteiger charge is 2.24. The summed E-state index contributed by atoms with van der Waals surface area (Å²) in [5, 5.41) is 6.62. The summed E-state index contributed by atoms with van der Waals surface area (Å²) in [5.41, 5.74) is 4.06. The van der Waals surface area contributed by atoms with Crippen LogP contribution in [-0.4, -0.2) is 23.6 Å². The van der Waals surface area contributed by atoms with Crippen LogP contribution >= 0.6 is 39.3 Å². The van der Waals surface area contributed by atoms with Crippen LogP contribution in [0.1, 0.15) is 16.7 Å². The molecule has 1 fully saturated rings. The Hall–Kier alpha value is -3.07. The molecule has 3 aromatic rings. The smallest absolute Gasteiger partial charge is 0.264 e.